The van der Waals surface area contributed by atoms with Crippen LogP contribution in [0.4, 0.5) is 5.95 Å². The Bertz CT molecular complexity index is 1210. The van der Waals surface area contributed by atoms with Crippen LogP contribution < -0.4 is 11.3 Å². The maximum Gasteiger partial charge on any atom is 0.488 e. The molecule has 1 aliphatic heterocycles. The summed E-state index contributed by atoms with van der Waals surface area (Å²) in [7, 11) is -10.9. The van der Waals surface area contributed by atoms with Crippen LogP contribution in [0.5, 0.6) is 0 Å². The molecule has 1 aliphatic rings. The number of nitrogens with one attached hydrogen (secondary N) is 1. The van der Waals surface area contributed by atoms with Crippen molar-refractivity contribution in [3.05, 3.63) is 16.7 Å². The van der Waals surface area contributed by atoms with Crippen molar-refractivity contribution < 1.29 is 56.8 Å². The molecule has 32 heavy (non-hydrogen) atoms. The van der Waals surface area contributed by atoms with E-state index in [-0.39, 0.29) is 17.1 Å². The van der Waals surface area contributed by atoms with Crippen LogP contribution in [0.2, 0.25) is 0 Å². The lowest BCUT2D eigenvalue weighted by Gasteiger charge is -2.19. The topological polar surface area (TPSA) is 282 Å². The lowest BCUT2D eigenvalue weighted by atomic mass is 10.1. The number of nitrogens with zero attached hydrogens (tertiary/aromatic N) is 3. The molecule has 9 N–H and O–H groups in total. The van der Waals surface area contributed by atoms with Crippen LogP contribution >= 0.6 is 22.4 Å². The number of aliphatic hydroxyl groups excluding tert-OH is 2. The molecule has 2 aromatic heterocycles. The van der Waals surface area contributed by atoms with E-state index in [2.05, 4.69) is 39.9 Å². The van der Waals surface area contributed by atoms with Crippen LogP contribution in [0, 0.1) is 0 Å². The third kappa shape index (κ3) is 5.85. The number of H-pyrrole nitrogens is 1. The van der Waals surface area contributed by atoms with Gasteiger partial charge in [0.05, 0.1) is 12.9 Å². The van der Waals surface area contributed by atoms with Crippen LogP contribution in [-0.4, -0.2) is 74.2 Å². The third-order valence-electron chi connectivity index (χ3n) is 3.88. The number of phosphoric acid groups is 2. The van der Waals surface area contributed by atoms with Crippen molar-refractivity contribution in [3.8, 4) is 0 Å². The Morgan fingerprint density at radius 1 is 1.19 bits per heavy atom. The van der Waals surface area contributed by atoms with E-state index in [0.29, 0.717) is 0 Å². The molecular formula is C10H16N5O13P3S. The van der Waals surface area contributed by atoms with Crippen molar-refractivity contribution in [3.63, 3.8) is 0 Å². The lowest BCUT2D eigenvalue weighted by molar-refractivity contribution is -0.0503. The van der Waals surface area contributed by atoms with E-state index in [4.69, 9.17) is 20.3 Å². The molecule has 0 saturated carbocycles. The van der Waals surface area contributed by atoms with Gasteiger partial charge in [-0.2, -0.15) is 9.29 Å². The summed E-state index contributed by atoms with van der Waals surface area (Å²) >= 11 is 3.96. The highest BCUT2D eigenvalue weighted by molar-refractivity contribution is 8.08. The number of anilines is 1. The maximum atomic E-state index is 11.9. The van der Waals surface area contributed by atoms with E-state index in [1.165, 1.54) is 0 Å². The zero-order valence-corrected chi connectivity index (χ0v) is 18.8. The van der Waals surface area contributed by atoms with Gasteiger partial charge in [0, 0.05) is 0 Å². The van der Waals surface area contributed by atoms with Gasteiger partial charge in [0.15, 0.2) is 17.4 Å². The number of hydrogen-bond donors (Lipinski definition) is 8. The predicted octanol–water partition coefficient (Wildman–Crippen LogP) is -2.22. The third-order valence-corrected chi connectivity index (χ3v) is 8.28. The largest absolute Gasteiger partial charge is 0.488 e. The first-order valence-corrected chi connectivity index (χ1v) is 13.7. The fourth-order valence-electron chi connectivity index (χ4n) is 2.70. The number of ether oxygens (including phenoxy) is 1. The Morgan fingerprint density at radius 2 is 1.84 bits per heavy atom. The molecule has 1 saturated heterocycles. The van der Waals surface area contributed by atoms with Gasteiger partial charge in [-0.1, -0.05) is 0 Å². The SMILES string of the molecule is Nc1nc2c(ncn2[C@@H]2O[C@H](COP(=O)(O)OP(=O)(O)OP(O)(O)=[35S])[C@@H](O)[C@H]2O)c(=O)[nH]1. The molecule has 0 aromatic carbocycles. The minimum Gasteiger partial charge on any atom is -0.387 e. The Balaban J connectivity index is 1.72. The number of aliphatic hydroxyl groups is 2. The summed E-state index contributed by atoms with van der Waals surface area (Å²) in [6, 6.07) is 0. The zero-order chi connectivity index (χ0) is 24.1. The molecule has 2 unspecified atom stereocenters. The van der Waals surface area contributed by atoms with Crippen molar-refractivity contribution in [1.82, 2.24) is 19.5 Å². The number of aromatic amines is 1. The highest BCUT2D eigenvalue weighted by Crippen LogP contribution is 2.66. The van der Waals surface area contributed by atoms with Crippen LogP contribution in [0.25, 0.3) is 11.2 Å². The number of fused-ring (bicyclic) bond motifs is 1. The second-order valence-electron chi connectivity index (χ2n) is 6.21. The molecule has 0 bridgehead atoms. The lowest BCUT2D eigenvalue weighted by Crippen LogP contribution is -2.33. The monoisotopic (exact) mass is 542 g/mol. The van der Waals surface area contributed by atoms with Gasteiger partial charge in [0.1, 0.15) is 18.3 Å². The van der Waals surface area contributed by atoms with Gasteiger partial charge in [-0.3, -0.25) is 18.9 Å². The molecule has 3 rings (SSSR count). The van der Waals surface area contributed by atoms with Crippen molar-refractivity contribution in [2.45, 2.75) is 24.5 Å². The predicted molar refractivity (Wildman–Crippen MR) is 105 cm³/mol. The van der Waals surface area contributed by atoms with Crippen LogP contribution in [0.3, 0.4) is 0 Å². The van der Waals surface area contributed by atoms with Gasteiger partial charge in [-0.25, -0.2) is 18.4 Å². The van der Waals surface area contributed by atoms with Crippen LogP contribution in [0.1, 0.15) is 6.23 Å². The van der Waals surface area contributed by atoms with Gasteiger partial charge in [0.2, 0.25) is 5.95 Å². The molecule has 6 atom stereocenters. The van der Waals surface area contributed by atoms with Crippen molar-refractivity contribution >= 4 is 51.3 Å². The molecule has 0 amide bonds. The fourth-order valence-corrected chi connectivity index (χ4v) is 6.49. The first-order valence-electron chi connectivity index (χ1n) is 8.11. The Hall–Kier alpha value is -1.14. The summed E-state index contributed by atoms with van der Waals surface area (Å²) in [6.07, 6.45) is -5.18. The molecule has 3 heterocycles. The quantitative estimate of drug-likeness (QED) is 0.164. The van der Waals surface area contributed by atoms with Crippen molar-refractivity contribution in [2.24, 2.45) is 0 Å². The van der Waals surface area contributed by atoms with Gasteiger partial charge < -0.3 is 40.3 Å². The fraction of sp³-hybridized carbons (Fsp3) is 0.500. The van der Waals surface area contributed by atoms with Gasteiger partial charge >= 0.3 is 22.4 Å². The molecule has 22 heteroatoms. The van der Waals surface area contributed by atoms with Crippen molar-refractivity contribution in [2.75, 3.05) is 12.3 Å². The number of nitrogen functional groups attached to an aromatic ring is 1. The van der Waals surface area contributed by atoms with E-state index in [9.17, 15) is 33.9 Å². The normalized spacial score (nSPS) is 27.9. The molecule has 0 radical (unpaired) electrons. The van der Waals surface area contributed by atoms with E-state index in [1.54, 1.807) is 0 Å². The summed E-state index contributed by atoms with van der Waals surface area (Å²) in [6.45, 7) is -5.69. The van der Waals surface area contributed by atoms with E-state index in [0.717, 1.165) is 10.9 Å². The number of nitrogens with two attached hydrogens (primary N) is 1. The van der Waals surface area contributed by atoms with E-state index in [1.807, 2.05) is 0 Å². The molecular weight excluding hydrogens is 526 g/mol. The van der Waals surface area contributed by atoms with Gasteiger partial charge in [-0.15, -0.1) is 0 Å². The molecule has 180 valence electrons. The standard InChI is InChI=1S/C10H16N5O13P3S/c11-10-13-7-4(8(18)14-10)12-2-15(7)9-6(17)5(16)3(26-9)1-25-29(19,20)27-30(21,22)28-31(23,24)32/h2-3,5-6,9,16-17H,1H2,(H,19,20)(H,21,22)(H2,23,24,32)(H3,11,13,14,18)/t3-,5-,6-,9-/m1/s1/i32+3. The van der Waals surface area contributed by atoms with Gasteiger partial charge in [-0.05, 0) is 11.8 Å². The first kappa shape index (κ1) is 25.5. The average Bonchev–Trinajstić information content (AvgIpc) is 3.12. The number of hydrogen-bond acceptors (Lipinski definition) is 13. The highest BCUT2D eigenvalue weighted by Gasteiger charge is 2.46. The minimum atomic E-state index is -5.52. The number of imidazole rings is 1. The molecule has 1 fully saturated rings. The van der Waals surface area contributed by atoms with E-state index >= 15 is 0 Å². The number of phosphoric ester groups is 1. The average molecular weight is 542 g/mol. The Morgan fingerprint density at radius 3 is 2.47 bits per heavy atom. The molecule has 0 aliphatic carbocycles. The smallest absolute Gasteiger partial charge is 0.387 e. The summed E-state index contributed by atoms with van der Waals surface area (Å²) in [4.78, 5) is 58.3. The summed E-state index contributed by atoms with van der Waals surface area (Å²) < 4.78 is 41.9. The summed E-state index contributed by atoms with van der Waals surface area (Å²) in [5.74, 6) is -0.262. The highest BCUT2D eigenvalue weighted by atomic mass is 35.1. The van der Waals surface area contributed by atoms with Gasteiger partial charge in [0.25, 0.3) is 5.56 Å². The number of aromatic nitrogens is 4. The first-order chi connectivity index (χ1) is 14.6. The van der Waals surface area contributed by atoms with E-state index < -0.39 is 59.1 Å². The molecule has 2 aromatic rings. The zero-order valence-electron chi connectivity index (χ0n) is 15.3. The van der Waals surface area contributed by atoms with Crippen LogP contribution in [-0.2, 0) is 38.8 Å². The Labute approximate surface area is 181 Å². The Kier molecular flexibility index (Phi) is 7.09. The molecule has 18 nitrogen and oxygen atoms in total. The minimum absolute atomic E-state index is 0.0951. The summed E-state index contributed by atoms with van der Waals surface area (Å²) in [5, 5.41) is 20.5. The summed E-state index contributed by atoms with van der Waals surface area (Å²) in [5.41, 5.74) is 4.56. The van der Waals surface area contributed by atoms with Crippen molar-refractivity contribution in [1.29, 1.82) is 0 Å². The second kappa shape index (κ2) is 8.90. The second-order valence-corrected chi connectivity index (χ2v) is 12.1. The van der Waals surface area contributed by atoms with Crippen LogP contribution in [0.15, 0.2) is 11.1 Å². The molecule has 0 spiro atoms. The number of rotatable bonds is 8. The maximum absolute atomic E-state index is 11.9.